The van der Waals surface area contributed by atoms with E-state index in [9.17, 15) is 4.79 Å². The molecule has 0 amide bonds. The Morgan fingerprint density at radius 3 is 2.62 bits per heavy atom. The first-order valence-electron chi connectivity index (χ1n) is 6.52. The zero-order valence-electron chi connectivity index (χ0n) is 11.4. The first-order chi connectivity index (χ1) is 10.1. The molecule has 0 aliphatic carbocycles. The molecule has 0 aliphatic rings. The molecule has 3 aromatic rings. The third kappa shape index (κ3) is 2.76. The largest absolute Gasteiger partial charge is 0.422 e. The first-order valence-corrected chi connectivity index (χ1v) is 6.96. The van der Waals surface area contributed by atoms with Crippen molar-refractivity contribution in [3.63, 3.8) is 0 Å². The Hall–Kier alpha value is -2.33. The summed E-state index contributed by atoms with van der Waals surface area (Å²) in [6.07, 6.45) is 0. The molecule has 104 valence electrons. The fraction of sp³-hybridized carbons (Fsp3) is 0.0588. The van der Waals surface area contributed by atoms with E-state index in [0.717, 1.165) is 16.0 Å². The summed E-state index contributed by atoms with van der Waals surface area (Å²) in [5, 5.41) is 0.876. The fourth-order valence-corrected chi connectivity index (χ4v) is 2.32. The Kier molecular flexibility index (Phi) is 3.62. The number of hydrogen-bond acceptors (Lipinski definition) is 4. The van der Waals surface area contributed by atoms with E-state index in [2.05, 4.69) is 17.6 Å². The van der Waals surface area contributed by atoms with Gasteiger partial charge in [-0.15, -0.1) is 12.6 Å². The van der Waals surface area contributed by atoms with Gasteiger partial charge in [0.15, 0.2) is 0 Å². The molecule has 0 saturated heterocycles. The minimum Gasteiger partial charge on any atom is -0.422 e. The molecule has 0 unspecified atom stereocenters. The third-order valence-corrected chi connectivity index (χ3v) is 3.58. The minimum atomic E-state index is -0.383. The lowest BCUT2D eigenvalue weighted by molar-refractivity contribution is 0.559. The molecule has 0 saturated carbocycles. The predicted octanol–water partition coefficient (Wildman–Crippen LogP) is 4.22. The average molecular weight is 295 g/mol. The second kappa shape index (κ2) is 5.58. The summed E-state index contributed by atoms with van der Waals surface area (Å²) >= 11 is 4.36. The maximum Gasteiger partial charge on any atom is 0.345 e. The van der Waals surface area contributed by atoms with Crippen molar-refractivity contribution in [1.82, 2.24) is 0 Å². The highest BCUT2D eigenvalue weighted by Crippen LogP contribution is 2.23. The molecule has 0 bridgehead atoms. The monoisotopic (exact) mass is 295 g/mol. The smallest absolute Gasteiger partial charge is 0.345 e. The van der Waals surface area contributed by atoms with Crippen LogP contribution in [0.1, 0.15) is 12.5 Å². The summed E-state index contributed by atoms with van der Waals surface area (Å²) in [7, 11) is 0. The van der Waals surface area contributed by atoms with Gasteiger partial charge in [0.05, 0.1) is 17.0 Å². The summed E-state index contributed by atoms with van der Waals surface area (Å²) in [5.74, 6) is 0. The topological polar surface area (TPSA) is 42.6 Å². The number of para-hydroxylation sites is 2. The third-order valence-electron chi connectivity index (χ3n) is 3.20. The van der Waals surface area contributed by atoms with Crippen LogP contribution in [0.2, 0.25) is 0 Å². The van der Waals surface area contributed by atoms with Gasteiger partial charge in [0.1, 0.15) is 5.58 Å². The highest BCUT2D eigenvalue weighted by molar-refractivity contribution is 7.80. The van der Waals surface area contributed by atoms with Crippen LogP contribution in [0.15, 0.2) is 73.7 Å². The molecule has 3 nitrogen and oxygen atoms in total. The van der Waals surface area contributed by atoms with E-state index in [4.69, 9.17) is 4.42 Å². The van der Waals surface area contributed by atoms with Crippen LogP contribution in [0.25, 0.3) is 11.0 Å². The number of hydrogen-bond donors (Lipinski definition) is 1. The SMILES string of the molecule is CC(=Nc1ccccc1S)c1cc2ccccc2oc1=O. The molecule has 1 aromatic heterocycles. The maximum absolute atomic E-state index is 12.1. The van der Waals surface area contributed by atoms with Gasteiger partial charge in [-0.2, -0.15) is 0 Å². The average Bonchev–Trinajstić information content (AvgIpc) is 2.49. The highest BCUT2D eigenvalue weighted by atomic mass is 32.1. The zero-order chi connectivity index (χ0) is 14.8. The van der Waals surface area contributed by atoms with Crippen LogP contribution in [0.3, 0.4) is 0 Å². The van der Waals surface area contributed by atoms with E-state index in [1.807, 2.05) is 42.5 Å². The van der Waals surface area contributed by atoms with Crippen molar-refractivity contribution in [3.05, 3.63) is 70.6 Å². The molecule has 0 radical (unpaired) electrons. The molecular formula is C17H13NO2S. The molecule has 0 spiro atoms. The fourth-order valence-electron chi connectivity index (χ4n) is 2.11. The van der Waals surface area contributed by atoms with Gasteiger partial charge in [-0.1, -0.05) is 30.3 Å². The van der Waals surface area contributed by atoms with Crippen molar-refractivity contribution < 1.29 is 4.42 Å². The van der Waals surface area contributed by atoms with Crippen LogP contribution < -0.4 is 5.63 Å². The molecule has 21 heavy (non-hydrogen) atoms. The second-order valence-corrected chi connectivity index (χ2v) is 5.15. The minimum absolute atomic E-state index is 0.383. The molecule has 0 N–H and O–H groups in total. The lowest BCUT2D eigenvalue weighted by Crippen LogP contribution is -2.11. The van der Waals surface area contributed by atoms with Crippen molar-refractivity contribution in [2.75, 3.05) is 0 Å². The Morgan fingerprint density at radius 2 is 1.81 bits per heavy atom. The summed E-state index contributed by atoms with van der Waals surface area (Å²) in [5.41, 5.74) is 1.99. The molecule has 1 heterocycles. The van der Waals surface area contributed by atoms with Gasteiger partial charge >= 0.3 is 5.63 Å². The van der Waals surface area contributed by atoms with Gasteiger partial charge in [-0.25, -0.2) is 4.79 Å². The molecule has 2 aromatic carbocycles. The van der Waals surface area contributed by atoms with E-state index in [1.54, 1.807) is 19.1 Å². The van der Waals surface area contributed by atoms with Crippen LogP contribution in [0.4, 0.5) is 5.69 Å². The molecule has 0 fully saturated rings. The summed E-state index contributed by atoms with van der Waals surface area (Å²) < 4.78 is 5.33. The standard InChI is InChI=1S/C17H13NO2S/c1-11(18-14-7-3-5-9-16(14)21)13-10-12-6-2-4-8-15(12)20-17(13)19/h2-10,21H,1H3. The number of benzene rings is 2. The number of nitrogens with zero attached hydrogens (tertiary/aromatic N) is 1. The summed E-state index contributed by atoms with van der Waals surface area (Å²) in [6.45, 7) is 1.79. The van der Waals surface area contributed by atoms with Crippen molar-refractivity contribution in [2.45, 2.75) is 11.8 Å². The number of fused-ring (bicyclic) bond motifs is 1. The first kappa shape index (κ1) is 13.6. The van der Waals surface area contributed by atoms with Crippen LogP contribution in [0, 0.1) is 0 Å². The lowest BCUT2D eigenvalue weighted by Gasteiger charge is -2.03. The van der Waals surface area contributed by atoms with E-state index < -0.39 is 0 Å². The van der Waals surface area contributed by atoms with Crippen molar-refractivity contribution in [1.29, 1.82) is 0 Å². The Bertz CT molecular complexity index is 896. The quantitative estimate of drug-likeness (QED) is 0.437. The van der Waals surface area contributed by atoms with Crippen LogP contribution in [0.5, 0.6) is 0 Å². The van der Waals surface area contributed by atoms with E-state index in [-0.39, 0.29) is 5.63 Å². The molecular weight excluding hydrogens is 282 g/mol. The van der Waals surface area contributed by atoms with Crippen LogP contribution in [-0.2, 0) is 0 Å². The number of thiol groups is 1. The predicted molar refractivity (Wildman–Crippen MR) is 88.0 cm³/mol. The summed E-state index contributed by atoms with van der Waals surface area (Å²) in [6, 6.07) is 16.7. The normalized spacial score (nSPS) is 11.8. The van der Waals surface area contributed by atoms with Gasteiger partial charge in [0, 0.05) is 10.3 Å². The van der Waals surface area contributed by atoms with Gasteiger partial charge < -0.3 is 4.42 Å². The van der Waals surface area contributed by atoms with Crippen molar-refractivity contribution in [2.24, 2.45) is 4.99 Å². The maximum atomic E-state index is 12.1. The summed E-state index contributed by atoms with van der Waals surface area (Å²) in [4.78, 5) is 17.3. The van der Waals surface area contributed by atoms with Gasteiger partial charge in [-0.05, 0) is 31.2 Å². The Balaban J connectivity index is 2.13. The number of rotatable bonds is 2. The Labute approximate surface area is 127 Å². The highest BCUT2D eigenvalue weighted by Gasteiger charge is 2.08. The molecule has 0 aliphatic heterocycles. The van der Waals surface area contributed by atoms with Gasteiger partial charge in [-0.3, -0.25) is 4.99 Å². The molecule has 4 heteroatoms. The van der Waals surface area contributed by atoms with Gasteiger partial charge in [0.2, 0.25) is 0 Å². The Morgan fingerprint density at radius 1 is 1.10 bits per heavy atom. The van der Waals surface area contributed by atoms with E-state index in [0.29, 0.717) is 16.9 Å². The van der Waals surface area contributed by atoms with Crippen LogP contribution in [-0.4, -0.2) is 5.71 Å². The molecule has 0 atom stereocenters. The van der Waals surface area contributed by atoms with Crippen molar-refractivity contribution >= 4 is 35.0 Å². The zero-order valence-corrected chi connectivity index (χ0v) is 12.3. The van der Waals surface area contributed by atoms with Gasteiger partial charge in [0.25, 0.3) is 0 Å². The lowest BCUT2D eigenvalue weighted by atomic mass is 10.1. The van der Waals surface area contributed by atoms with Crippen molar-refractivity contribution in [3.8, 4) is 0 Å². The van der Waals surface area contributed by atoms with Crippen LogP contribution >= 0.6 is 12.6 Å². The molecule has 3 rings (SSSR count). The van der Waals surface area contributed by atoms with E-state index >= 15 is 0 Å². The van der Waals surface area contributed by atoms with E-state index in [1.165, 1.54) is 0 Å². The second-order valence-electron chi connectivity index (χ2n) is 4.67. The number of aliphatic imine (C=N–C) groups is 1.